The normalized spacial score (nSPS) is 14.4. The summed E-state index contributed by atoms with van der Waals surface area (Å²) < 4.78 is 57.1. The summed E-state index contributed by atoms with van der Waals surface area (Å²) in [5.74, 6) is 0.307. The SMILES string of the molecule is COc1cc(Br)ccc1[C@@H](F)COC(=O)Nc1ccc(S(=O)(=O)C2CC2)c(CN(C)C(=O)OC(C)(C)C)c1. The number of alkyl halides is 1. The zero-order valence-electron chi connectivity index (χ0n) is 21.9. The van der Waals surface area contributed by atoms with Gasteiger partial charge < -0.3 is 19.1 Å². The zero-order chi connectivity index (χ0) is 28.3. The molecular weight excluding hydrogens is 583 g/mol. The number of sulfone groups is 1. The predicted octanol–water partition coefficient (Wildman–Crippen LogP) is 6.02. The maximum absolute atomic E-state index is 14.8. The largest absolute Gasteiger partial charge is 0.496 e. The molecule has 0 heterocycles. The van der Waals surface area contributed by atoms with Crippen LogP contribution < -0.4 is 10.1 Å². The van der Waals surface area contributed by atoms with E-state index in [-0.39, 0.29) is 22.7 Å². The zero-order valence-corrected chi connectivity index (χ0v) is 24.3. The van der Waals surface area contributed by atoms with Crippen LogP contribution in [0.4, 0.5) is 19.7 Å². The van der Waals surface area contributed by atoms with Gasteiger partial charge in [-0.25, -0.2) is 22.4 Å². The molecule has 3 rings (SSSR count). The number of ether oxygens (including phenoxy) is 3. The highest BCUT2D eigenvalue weighted by Crippen LogP contribution is 2.36. The van der Waals surface area contributed by atoms with E-state index in [0.29, 0.717) is 28.6 Å². The fraction of sp³-hybridized carbons (Fsp3) is 0.462. The Balaban J connectivity index is 1.74. The van der Waals surface area contributed by atoms with Crippen molar-refractivity contribution in [3.63, 3.8) is 0 Å². The molecule has 1 fully saturated rings. The van der Waals surface area contributed by atoms with E-state index in [1.54, 1.807) is 32.9 Å². The predicted molar refractivity (Wildman–Crippen MR) is 144 cm³/mol. The van der Waals surface area contributed by atoms with Gasteiger partial charge in [0.1, 0.15) is 18.0 Å². The van der Waals surface area contributed by atoms with Crippen LogP contribution in [-0.4, -0.2) is 57.1 Å². The molecule has 9 nitrogen and oxygen atoms in total. The monoisotopic (exact) mass is 614 g/mol. The van der Waals surface area contributed by atoms with Gasteiger partial charge in [0.2, 0.25) is 0 Å². The summed E-state index contributed by atoms with van der Waals surface area (Å²) in [6, 6.07) is 9.07. The average Bonchev–Trinajstić information content (AvgIpc) is 3.67. The van der Waals surface area contributed by atoms with Crippen LogP contribution in [0.15, 0.2) is 45.8 Å². The molecule has 1 N–H and O–H groups in total. The first kappa shape index (κ1) is 29.7. The van der Waals surface area contributed by atoms with Gasteiger partial charge in [-0.15, -0.1) is 0 Å². The van der Waals surface area contributed by atoms with E-state index in [1.807, 2.05) is 0 Å². The van der Waals surface area contributed by atoms with Crippen molar-refractivity contribution >= 4 is 43.6 Å². The highest BCUT2D eigenvalue weighted by atomic mass is 79.9. The molecule has 0 aliphatic heterocycles. The van der Waals surface area contributed by atoms with E-state index in [1.165, 1.54) is 43.3 Å². The fourth-order valence-corrected chi connectivity index (χ4v) is 5.81. The third-order valence-corrected chi connectivity index (χ3v) is 8.44. The lowest BCUT2D eigenvalue weighted by Crippen LogP contribution is -2.34. The number of nitrogens with zero attached hydrogens (tertiary/aromatic N) is 1. The molecule has 12 heteroatoms. The van der Waals surface area contributed by atoms with Crippen LogP contribution in [0.3, 0.4) is 0 Å². The van der Waals surface area contributed by atoms with E-state index in [4.69, 9.17) is 14.2 Å². The lowest BCUT2D eigenvalue weighted by Gasteiger charge is -2.25. The summed E-state index contributed by atoms with van der Waals surface area (Å²) in [7, 11) is -0.691. The number of amides is 2. The molecule has 0 unspecified atom stereocenters. The van der Waals surface area contributed by atoms with Crippen molar-refractivity contribution in [2.24, 2.45) is 0 Å². The molecule has 0 radical (unpaired) electrons. The minimum Gasteiger partial charge on any atom is -0.496 e. The van der Waals surface area contributed by atoms with Crippen LogP contribution in [0.25, 0.3) is 0 Å². The molecule has 2 aromatic carbocycles. The number of carbonyl (C=O) groups is 2. The van der Waals surface area contributed by atoms with Gasteiger partial charge in [-0.05, 0) is 69.5 Å². The molecule has 38 heavy (non-hydrogen) atoms. The van der Waals surface area contributed by atoms with Crippen molar-refractivity contribution < 1.29 is 36.6 Å². The maximum Gasteiger partial charge on any atom is 0.411 e. The number of carbonyl (C=O) groups excluding carboxylic acids is 2. The summed E-state index contributed by atoms with van der Waals surface area (Å²) in [6.07, 6.45) is -2.03. The Kier molecular flexibility index (Phi) is 9.30. The van der Waals surface area contributed by atoms with E-state index >= 15 is 0 Å². The Morgan fingerprint density at radius 1 is 1.18 bits per heavy atom. The molecular formula is C26H32BrFN2O7S. The summed E-state index contributed by atoms with van der Waals surface area (Å²) in [6.45, 7) is 4.55. The van der Waals surface area contributed by atoms with Gasteiger partial charge in [0.15, 0.2) is 16.0 Å². The van der Waals surface area contributed by atoms with Crippen molar-refractivity contribution in [2.75, 3.05) is 26.1 Å². The van der Waals surface area contributed by atoms with Crippen molar-refractivity contribution in [2.45, 2.75) is 62.1 Å². The smallest absolute Gasteiger partial charge is 0.411 e. The molecule has 0 aromatic heterocycles. The summed E-state index contributed by atoms with van der Waals surface area (Å²) >= 11 is 3.29. The number of hydrogen-bond donors (Lipinski definition) is 1. The van der Waals surface area contributed by atoms with E-state index in [0.717, 1.165) is 0 Å². The fourth-order valence-electron chi connectivity index (χ4n) is 3.61. The second-order valence-corrected chi connectivity index (χ2v) is 13.1. The van der Waals surface area contributed by atoms with E-state index in [2.05, 4.69) is 21.2 Å². The third-order valence-electron chi connectivity index (χ3n) is 5.58. The third kappa shape index (κ3) is 7.83. The lowest BCUT2D eigenvalue weighted by molar-refractivity contribution is 0.0283. The highest BCUT2D eigenvalue weighted by Gasteiger charge is 2.38. The molecule has 1 saturated carbocycles. The minimum atomic E-state index is -3.60. The number of benzene rings is 2. The Morgan fingerprint density at radius 2 is 1.87 bits per heavy atom. The molecule has 0 bridgehead atoms. The standard InChI is InChI=1S/C26H32BrFN2O7S/c1-26(2,3)37-25(32)30(4)14-16-12-18(7-11-23(16)38(33,34)19-8-9-19)29-24(31)36-15-21(28)20-10-6-17(27)13-22(20)35-5/h6-7,10-13,19,21H,8-9,14-15H2,1-5H3,(H,29,31)/t21-/m0/s1. The maximum atomic E-state index is 14.8. The van der Waals surface area contributed by atoms with Gasteiger partial charge in [0.25, 0.3) is 0 Å². The van der Waals surface area contributed by atoms with Crippen molar-refractivity contribution in [1.29, 1.82) is 0 Å². The number of methoxy groups -OCH3 is 1. The number of nitrogens with one attached hydrogen (secondary N) is 1. The summed E-state index contributed by atoms with van der Waals surface area (Å²) in [5, 5.41) is 2.03. The van der Waals surface area contributed by atoms with Gasteiger partial charge in [-0.1, -0.05) is 22.0 Å². The first-order chi connectivity index (χ1) is 17.7. The number of hydrogen-bond acceptors (Lipinski definition) is 7. The first-order valence-electron chi connectivity index (χ1n) is 11.9. The Labute approximate surface area is 230 Å². The molecule has 2 amide bonds. The Morgan fingerprint density at radius 3 is 2.47 bits per heavy atom. The average molecular weight is 616 g/mol. The second kappa shape index (κ2) is 11.9. The number of anilines is 1. The van der Waals surface area contributed by atoms with Crippen molar-refractivity contribution in [1.82, 2.24) is 4.90 Å². The molecule has 0 saturated heterocycles. The Hall–Kier alpha value is -2.86. The molecule has 1 atom stereocenters. The van der Waals surface area contributed by atoms with Crippen molar-refractivity contribution in [3.05, 3.63) is 52.0 Å². The Bertz CT molecular complexity index is 1290. The first-order valence-corrected chi connectivity index (χ1v) is 14.3. The van der Waals surface area contributed by atoms with Crippen LogP contribution in [0.2, 0.25) is 0 Å². The second-order valence-electron chi connectivity index (χ2n) is 9.98. The van der Waals surface area contributed by atoms with E-state index in [9.17, 15) is 22.4 Å². The highest BCUT2D eigenvalue weighted by molar-refractivity contribution is 9.10. The van der Waals surface area contributed by atoms with Crippen LogP contribution >= 0.6 is 15.9 Å². The van der Waals surface area contributed by atoms with Crippen LogP contribution in [0.5, 0.6) is 5.75 Å². The molecule has 1 aliphatic rings. The van der Waals surface area contributed by atoms with Gasteiger partial charge in [0, 0.05) is 22.8 Å². The van der Waals surface area contributed by atoms with Gasteiger partial charge in [-0.2, -0.15) is 0 Å². The van der Waals surface area contributed by atoms with Crippen LogP contribution in [0, 0.1) is 0 Å². The number of rotatable bonds is 9. The molecule has 0 spiro atoms. The minimum absolute atomic E-state index is 0.0727. The van der Waals surface area contributed by atoms with E-state index < -0.39 is 45.7 Å². The van der Waals surface area contributed by atoms with Gasteiger partial charge in [-0.3, -0.25) is 5.32 Å². The lowest BCUT2D eigenvalue weighted by atomic mass is 10.1. The molecule has 208 valence electrons. The van der Waals surface area contributed by atoms with Crippen molar-refractivity contribution in [3.8, 4) is 5.75 Å². The topological polar surface area (TPSA) is 111 Å². The molecule has 1 aliphatic carbocycles. The summed E-state index contributed by atoms with van der Waals surface area (Å²) in [4.78, 5) is 26.2. The van der Waals surface area contributed by atoms with Gasteiger partial charge in [0.05, 0.1) is 23.8 Å². The van der Waals surface area contributed by atoms with Crippen LogP contribution in [0.1, 0.15) is 50.9 Å². The van der Waals surface area contributed by atoms with Gasteiger partial charge >= 0.3 is 12.2 Å². The summed E-state index contributed by atoms with van der Waals surface area (Å²) in [5.41, 5.74) is 0.0428. The van der Waals surface area contributed by atoms with Crippen LogP contribution in [-0.2, 0) is 25.9 Å². The quantitative estimate of drug-likeness (QED) is 0.367. The number of halogens is 2. The molecule has 2 aromatic rings.